The van der Waals surface area contributed by atoms with Crippen LogP contribution in [0.1, 0.15) is 31.2 Å². The first kappa shape index (κ1) is 14.7. The number of hydrogen-bond acceptors (Lipinski definition) is 6. The van der Waals surface area contributed by atoms with Crippen LogP contribution in [0.15, 0.2) is 0 Å². The van der Waals surface area contributed by atoms with E-state index in [0.29, 0.717) is 5.92 Å². The fourth-order valence-electron chi connectivity index (χ4n) is 2.31. The summed E-state index contributed by atoms with van der Waals surface area (Å²) in [4.78, 5) is 2.32. The van der Waals surface area contributed by atoms with Gasteiger partial charge in [0.1, 0.15) is 5.01 Å². The van der Waals surface area contributed by atoms with E-state index >= 15 is 0 Å². The summed E-state index contributed by atoms with van der Waals surface area (Å²) in [6.45, 7) is 6.91. The van der Waals surface area contributed by atoms with Crippen molar-refractivity contribution in [1.29, 1.82) is 0 Å². The second-order valence-corrected chi connectivity index (χ2v) is 6.27. The van der Waals surface area contributed by atoms with Crippen molar-refractivity contribution in [3.05, 3.63) is 5.01 Å². The van der Waals surface area contributed by atoms with Gasteiger partial charge in [0, 0.05) is 19.7 Å². The Morgan fingerprint density at radius 2 is 2.37 bits per heavy atom. The monoisotopic (exact) mass is 284 g/mol. The van der Waals surface area contributed by atoms with E-state index in [0.717, 1.165) is 49.4 Å². The van der Waals surface area contributed by atoms with E-state index in [1.54, 1.807) is 11.3 Å². The Bertz CT molecular complexity index is 365. The fraction of sp³-hybridized carbons (Fsp3) is 0.846. The van der Waals surface area contributed by atoms with Crippen molar-refractivity contribution in [3.63, 3.8) is 0 Å². The molecule has 6 heteroatoms. The van der Waals surface area contributed by atoms with Gasteiger partial charge in [0.2, 0.25) is 5.13 Å². The highest BCUT2D eigenvalue weighted by molar-refractivity contribution is 7.15. The molecule has 2 rings (SSSR count). The molecule has 19 heavy (non-hydrogen) atoms. The largest absolute Gasteiger partial charge is 0.381 e. The van der Waals surface area contributed by atoms with Crippen molar-refractivity contribution in [3.8, 4) is 0 Å². The third-order valence-corrected chi connectivity index (χ3v) is 4.09. The maximum atomic E-state index is 5.52. The summed E-state index contributed by atoms with van der Waals surface area (Å²) in [6, 6.07) is 0. The van der Waals surface area contributed by atoms with Crippen molar-refractivity contribution >= 4 is 16.5 Å². The minimum absolute atomic E-state index is 0.671. The molecule has 1 aliphatic heterocycles. The van der Waals surface area contributed by atoms with E-state index in [1.807, 2.05) is 0 Å². The van der Waals surface area contributed by atoms with Gasteiger partial charge in [-0.25, -0.2) is 0 Å². The van der Waals surface area contributed by atoms with Gasteiger partial charge in [-0.05, 0) is 32.2 Å². The van der Waals surface area contributed by atoms with Gasteiger partial charge in [0.05, 0.1) is 13.2 Å². The van der Waals surface area contributed by atoms with Crippen molar-refractivity contribution in [1.82, 2.24) is 15.1 Å². The average Bonchev–Trinajstić information content (AvgIpc) is 2.85. The minimum Gasteiger partial charge on any atom is -0.381 e. The van der Waals surface area contributed by atoms with E-state index < -0.39 is 0 Å². The highest BCUT2D eigenvalue weighted by atomic mass is 32.1. The lowest BCUT2D eigenvalue weighted by molar-refractivity contribution is 0.0411. The summed E-state index contributed by atoms with van der Waals surface area (Å²) in [6.07, 6.45) is 3.59. The van der Waals surface area contributed by atoms with Crippen molar-refractivity contribution in [2.75, 3.05) is 38.7 Å². The van der Waals surface area contributed by atoms with E-state index in [4.69, 9.17) is 4.74 Å². The summed E-state index contributed by atoms with van der Waals surface area (Å²) in [5.41, 5.74) is 0. The van der Waals surface area contributed by atoms with E-state index in [2.05, 4.69) is 34.4 Å². The van der Waals surface area contributed by atoms with Crippen LogP contribution in [0.4, 0.5) is 5.13 Å². The molecule has 1 atom stereocenters. The first-order valence-electron chi connectivity index (χ1n) is 7.10. The Hall–Kier alpha value is -0.720. The summed E-state index contributed by atoms with van der Waals surface area (Å²) >= 11 is 1.66. The molecule has 1 aliphatic rings. The second-order valence-electron chi connectivity index (χ2n) is 5.21. The molecule has 0 bridgehead atoms. The molecule has 5 nitrogen and oxygen atoms in total. The minimum atomic E-state index is 0.671. The van der Waals surface area contributed by atoms with Gasteiger partial charge in [-0.1, -0.05) is 18.3 Å². The summed E-state index contributed by atoms with van der Waals surface area (Å²) < 4.78 is 5.52. The topological polar surface area (TPSA) is 50.3 Å². The second kappa shape index (κ2) is 7.77. The van der Waals surface area contributed by atoms with E-state index in [1.165, 1.54) is 12.8 Å². The van der Waals surface area contributed by atoms with Crippen LogP contribution in [0.5, 0.6) is 0 Å². The van der Waals surface area contributed by atoms with Crippen LogP contribution in [-0.2, 0) is 11.3 Å². The summed E-state index contributed by atoms with van der Waals surface area (Å²) in [5, 5.41) is 13.7. The molecular weight excluding hydrogens is 260 g/mol. The highest BCUT2D eigenvalue weighted by Crippen LogP contribution is 2.19. The Balaban J connectivity index is 1.74. The first-order chi connectivity index (χ1) is 9.28. The molecule has 0 radical (unpaired) electrons. The van der Waals surface area contributed by atoms with Gasteiger partial charge in [-0.3, -0.25) is 4.90 Å². The lowest BCUT2D eigenvalue weighted by atomic mass is 10.0. The molecule has 2 heterocycles. The van der Waals surface area contributed by atoms with Crippen molar-refractivity contribution < 1.29 is 4.74 Å². The Morgan fingerprint density at radius 1 is 1.47 bits per heavy atom. The van der Waals surface area contributed by atoms with Gasteiger partial charge in [-0.15, -0.1) is 10.2 Å². The molecule has 0 amide bonds. The van der Waals surface area contributed by atoms with Crippen LogP contribution in [0.25, 0.3) is 0 Å². The molecule has 1 N–H and O–H groups in total. The molecular formula is C13H24N4OS. The van der Waals surface area contributed by atoms with E-state index in [9.17, 15) is 0 Å². The molecule has 0 aliphatic carbocycles. The van der Waals surface area contributed by atoms with Gasteiger partial charge in [0.25, 0.3) is 0 Å². The van der Waals surface area contributed by atoms with Crippen LogP contribution >= 0.6 is 11.3 Å². The molecule has 1 fully saturated rings. The zero-order valence-corrected chi connectivity index (χ0v) is 12.7. The highest BCUT2D eigenvalue weighted by Gasteiger charge is 2.16. The summed E-state index contributed by atoms with van der Waals surface area (Å²) in [7, 11) is 2.15. The third-order valence-electron chi connectivity index (χ3n) is 3.22. The molecule has 0 saturated carbocycles. The molecule has 108 valence electrons. The number of nitrogens with one attached hydrogen (secondary N) is 1. The number of hydrogen-bond donors (Lipinski definition) is 1. The lowest BCUT2D eigenvalue weighted by Gasteiger charge is -2.26. The normalized spacial score (nSPS) is 19.8. The fourth-order valence-corrected chi connectivity index (χ4v) is 3.15. The quantitative estimate of drug-likeness (QED) is 0.832. The van der Waals surface area contributed by atoms with Crippen molar-refractivity contribution in [2.45, 2.75) is 32.7 Å². The van der Waals surface area contributed by atoms with E-state index in [-0.39, 0.29) is 0 Å². The third kappa shape index (κ3) is 5.04. The Kier molecular flexibility index (Phi) is 6.00. The number of nitrogens with zero attached hydrogens (tertiary/aromatic N) is 3. The zero-order valence-electron chi connectivity index (χ0n) is 11.9. The number of ether oxygens (including phenoxy) is 1. The molecule has 1 aromatic heterocycles. The predicted octanol–water partition coefficient (Wildman–Crippen LogP) is 2.22. The number of anilines is 1. The number of rotatable bonds is 7. The van der Waals surface area contributed by atoms with Crippen LogP contribution < -0.4 is 5.32 Å². The standard InChI is InChI=1S/C13H24N4OS/c1-3-6-14-13-16-15-12(19-13)9-17(2)8-11-5-4-7-18-10-11/h11H,3-10H2,1-2H3,(H,14,16). The first-order valence-corrected chi connectivity index (χ1v) is 7.92. The maximum absolute atomic E-state index is 5.52. The van der Waals surface area contributed by atoms with Gasteiger partial charge < -0.3 is 10.1 Å². The van der Waals surface area contributed by atoms with Crippen molar-refractivity contribution in [2.24, 2.45) is 5.92 Å². The van der Waals surface area contributed by atoms with Crippen LogP contribution in [0, 0.1) is 5.92 Å². The Morgan fingerprint density at radius 3 is 3.11 bits per heavy atom. The van der Waals surface area contributed by atoms with Crippen LogP contribution in [0.3, 0.4) is 0 Å². The van der Waals surface area contributed by atoms with Crippen LogP contribution in [-0.4, -0.2) is 48.4 Å². The smallest absolute Gasteiger partial charge is 0.205 e. The maximum Gasteiger partial charge on any atom is 0.205 e. The molecule has 0 spiro atoms. The summed E-state index contributed by atoms with van der Waals surface area (Å²) in [5.74, 6) is 0.671. The molecule has 1 aromatic rings. The average molecular weight is 284 g/mol. The number of aromatic nitrogens is 2. The Labute approximate surface area is 119 Å². The molecule has 0 aromatic carbocycles. The SMILES string of the molecule is CCCNc1nnc(CN(C)CC2CCCOC2)s1. The van der Waals surface area contributed by atoms with Gasteiger partial charge in [0.15, 0.2) is 0 Å². The zero-order chi connectivity index (χ0) is 13.5. The predicted molar refractivity (Wildman–Crippen MR) is 78.6 cm³/mol. The molecule has 1 unspecified atom stereocenters. The van der Waals surface area contributed by atoms with Gasteiger partial charge >= 0.3 is 0 Å². The lowest BCUT2D eigenvalue weighted by Crippen LogP contribution is -2.30. The van der Waals surface area contributed by atoms with Crippen LogP contribution in [0.2, 0.25) is 0 Å². The van der Waals surface area contributed by atoms with Gasteiger partial charge in [-0.2, -0.15) is 0 Å². The molecule has 1 saturated heterocycles.